The van der Waals surface area contributed by atoms with Gasteiger partial charge in [0.15, 0.2) is 5.96 Å². The fraction of sp³-hybridized carbons (Fsp3) is 0.947. The predicted octanol–water partition coefficient (Wildman–Crippen LogP) is 1.28. The molecule has 3 saturated heterocycles. The average Bonchev–Trinajstić information content (AvgIpc) is 3.10. The Labute approximate surface area is 153 Å². The van der Waals surface area contributed by atoms with Crippen molar-refractivity contribution >= 4 is 5.96 Å². The van der Waals surface area contributed by atoms with Gasteiger partial charge in [0.25, 0.3) is 0 Å². The number of fused-ring (bicyclic) bond motifs is 1. The summed E-state index contributed by atoms with van der Waals surface area (Å²) in [5, 5.41) is 6.98. The van der Waals surface area contributed by atoms with Gasteiger partial charge >= 0.3 is 0 Å². The van der Waals surface area contributed by atoms with E-state index < -0.39 is 0 Å². The Morgan fingerprint density at radius 2 is 1.92 bits per heavy atom. The average molecular weight is 352 g/mol. The molecule has 0 aromatic rings. The van der Waals surface area contributed by atoms with Crippen LogP contribution in [0.5, 0.6) is 0 Å². The smallest absolute Gasteiger partial charge is 0.191 e. The number of nitrogens with zero attached hydrogens (tertiary/aromatic N) is 3. The van der Waals surface area contributed by atoms with Crippen molar-refractivity contribution in [2.75, 3.05) is 52.9 Å². The van der Waals surface area contributed by atoms with Crippen LogP contribution >= 0.6 is 0 Å². The summed E-state index contributed by atoms with van der Waals surface area (Å²) in [6, 6.07) is 0.666. The van der Waals surface area contributed by atoms with E-state index >= 15 is 0 Å². The van der Waals surface area contributed by atoms with Gasteiger partial charge in [-0.05, 0) is 59.2 Å². The highest BCUT2D eigenvalue weighted by Crippen LogP contribution is 2.22. The molecule has 3 aliphatic heterocycles. The van der Waals surface area contributed by atoms with Gasteiger partial charge in [0, 0.05) is 38.3 Å². The summed E-state index contributed by atoms with van der Waals surface area (Å²) in [6.45, 7) is 12.0. The number of likely N-dealkylation sites (tertiary alicyclic amines) is 1. The van der Waals surface area contributed by atoms with Crippen LogP contribution in [0.15, 0.2) is 4.99 Å². The van der Waals surface area contributed by atoms with Crippen molar-refractivity contribution in [2.24, 2.45) is 4.99 Å². The van der Waals surface area contributed by atoms with Crippen LogP contribution in [-0.2, 0) is 4.74 Å². The number of nitrogens with one attached hydrogen (secondary N) is 2. The molecule has 6 heteroatoms. The molecular weight excluding hydrogens is 314 g/mol. The summed E-state index contributed by atoms with van der Waals surface area (Å²) in [5.41, 5.74) is 0.155. The number of hydrogen-bond donors (Lipinski definition) is 2. The summed E-state index contributed by atoms with van der Waals surface area (Å²) in [5.74, 6) is 0.886. The van der Waals surface area contributed by atoms with Crippen LogP contribution in [0.25, 0.3) is 0 Å². The number of ether oxygens (including phenoxy) is 1. The zero-order valence-corrected chi connectivity index (χ0v) is 16.4. The van der Waals surface area contributed by atoms with Gasteiger partial charge in [-0.1, -0.05) is 6.42 Å². The minimum atomic E-state index is 0.155. The van der Waals surface area contributed by atoms with E-state index in [-0.39, 0.29) is 11.6 Å². The molecule has 3 aliphatic rings. The fourth-order valence-corrected chi connectivity index (χ4v) is 4.35. The lowest BCUT2D eigenvalue weighted by Crippen LogP contribution is -2.56. The van der Waals surface area contributed by atoms with E-state index in [1.807, 2.05) is 7.05 Å². The first kappa shape index (κ1) is 18.9. The second kappa shape index (κ2) is 8.69. The molecule has 6 nitrogen and oxygen atoms in total. The first-order valence-electron chi connectivity index (χ1n) is 10.1. The van der Waals surface area contributed by atoms with Crippen molar-refractivity contribution in [3.05, 3.63) is 0 Å². The Morgan fingerprint density at radius 1 is 1.12 bits per heavy atom. The lowest BCUT2D eigenvalue weighted by molar-refractivity contribution is -0.0453. The van der Waals surface area contributed by atoms with Crippen molar-refractivity contribution in [2.45, 2.75) is 63.6 Å². The summed E-state index contributed by atoms with van der Waals surface area (Å²) >= 11 is 0. The minimum absolute atomic E-state index is 0.155. The molecule has 25 heavy (non-hydrogen) atoms. The van der Waals surface area contributed by atoms with Crippen LogP contribution in [0.1, 0.15) is 46.0 Å². The van der Waals surface area contributed by atoms with E-state index in [0.717, 1.165) is 32.2 Å². The third-order valence-electron chi connectivity index (χ3n) is 6.08. The predicted molar refractivity (Wildman–Crippen MR) is 103 cm³/mol. The van der Waals surface area contributed by atoms with Gasteiger partial charge in [-0.25, -0.2) is 0 Å². The SMILES string of the molecule is CN=C(NCC1CN2CCCC2CO1)NCC(C)(C)N1CCCCC1. The maximum absolute atomic E-state index is 6.03. The van der Waals surface area contributed by atoms with Crippen LogP contribution in [-0.4, -0.2) is 86.4 Å². The highest BCUT2D eigenvalue weighted by atomic mass is 16.5. The van der Waals surface area contributed by atoms with Crippen LogP contribution in [0.3, 0.4) is 0 Å². The Hall–Kier alpha value is -0.850. The van der Waals surface area contributed by atoms with Crippen LogP contribution in [0, 0.1) is 0 Å². The normalized spacial score (nSPS) is 29.5. The zero-order valence-electron chi connectivity index (χ0n) is 16.4. The van der Waals surface area contributed by atoms with E-state index in [9.17, 15) is 0 Å². The molecule has 0 aromatic heterocycles. The van der Waals surface area contributed by atoms with E-state index in [2.05, 4.69) is 39.3 Å². The van der Waals surface area contributed by atoms with Gasteiger partial charge in [-0.2, -0.15) is 0 Å². The monoisotopic (exact) mass is 351 g/mol. The van der Waals surface area contributed by atoms with Crippen molar-refractivity contribution in [3.8, 4) is 0 Å². The molecular formula is C19H37N5O. The number of morpholine rings is 1. The standard InChI is InChI=1S/C19H37N5O/c1-19(2,24-10-5-4-6-11-24)15-22-18(20-3)21-12-17-13-23-9-7-8-16(23)14-25-17/h16-17H,4-15H2,1-3H3,(H2,20,21,22). The van der Waals surface area contributed by atoms with E-state index in [1.54, 1.807) is 0 Å². The number of hydrogen-bond acceptors (Lipinski definition) is 4. The molecule has 0 spiro atoms. The maximum Gasteiger partial charge on any atom is 0.191 e. The van der Waals surface area contributed by atoms with Gasteiger partial charge in [-0.3, -0.25) is 14.8 Å². The molecule has 3 rings (SSSR count). The Morgan fingerprint density at radius 3 is 2.68 bits per heavy atom. The van der Waals surface area contributed by atoms with E-state index in [4.69, 9.17) is 4.74 Å². The van der Waals surface area contributed by atoms with Crippen molar-refractivity contribution in [1.82, 2.24) is 20.4 Å². The Bertz CT molecular complexity index is 447. The number of aliphatic imine (C=N–C) groups is 1. The Kier molecular flexibility index (Phi) is 6.58. The molecule has 144 valence electrons. The molecule has 3 heterocycles. The molecule has 2 N–H and O–H groups in total. The first-order chi connectivity index (χ1) is 12.1. The van der Waals surface area contributed by atoms with Crippen LogP contribution in [0.4, 0.5) is 0 Å². The second-order valence-electron chi connectivity index (χ2n) is 8.41. The zero-order chi connectivity index (χ0) is 17.7. The minimum Gasteiger partial charge on any atom is -0.373 e. The summed E-state index contributed by atoms with van der Waals surface area (Å²) in [6.07, 6.45) is 6.92. The highest BCUT2D eigenvalue weighted by molar-refractivity contribution is 5.79. The highest BCUT2D eigenvalue weighted by Gasteiger charge is 2.32. The van der Waals surface area contributed by atoms with Gasteiger partial charge in [-0.15, -0.1) is 0 Å². The first-order valence-corrected chi connectivity index (χ1v) is 10.1. The molecule has 0 amide bonds. The third-order valence-corrected chi connectivity index (χ3v) is 6.08. The van der Waals surface area contributed by atoms with E-state index in [1.165, 1.54) is 51.7 Å². The van der Waals surface area contributed by atoms with Gasteiger partial charge in [0.1, 0.15) is 0 Å². The second-order valence-corrected chi connectivity index (χ2v) is 8.41. The molecule has 0 aromatic carbocycles. The number of guanidine groups is 1. The third kappa shape index (κ3) is 5.08. The van der Waals surface area contributed by atoms with Gasteiger partial charge in [0.2, 0.25) is 0 Å². The van der Waals surface area contributed by atoms with Crippen LogP contribution < -0.4 is 10.6 Å². The topological polar surface area (TPSA) is 52.1 Å². The molecule has 2 unspecified atom stereocenters. The van der Waals surface area contributed by atoms with Crippen molar-refractivity contribution in [1.29, 1.82) is 0 Å². The molecule has 0 saturated carbocycles. The summed E-state index contributed by atoms with van der Waals surface area (Å²) in [4.78, 5) is 9.59. The van der Waals surface area contributed by atoms with Crippen molar-refractivity contribution < 1.29 is 4.74 Å². The molecule has 0 aliphatic carbocycles. The molecule has 0 radical (unpaired) electrons. The Balaban J connectivity index is 1.40. The van der Waals surface area contributed by atoms with Crippen molar-refractivity contribution in [3.63, 3.8) is 0 Å². The summed E-state index contributed by atoms with van der Waals surface area (Å²) in [7, 11) is 1.85. The number of rotatable bonds is 5. The lowest BCUT2D eigenvalue weighted by atomic mass is 9.98. The molecule has 3 fully saturated rings. The van der Waals surface area contributed by atoms with Gasteiger partial charge < -0.3 is 15.4 Å². The van der Waals surface area contributed by atoms with E-state index in [0.29, 0.717) is 6.04 Å². The number of piperidine rings is 1. The maximum atomic E-state index is 6.03. The molecule has 2 atom stereocenters. The summed E-state index contributed by atoms with van der Waals surface area (Å²) < 4.78 is 6.03. The molecule has 0 bridgehead atoms. The largest absolute Gasteiger partial charge is 0.373 e. The fourth-order valence-electron chi connectivity index (χ4n) is 4.35. The van der Waals surface area contributed by atoms with Crippen LogP contribution in [0.2, 0.25) is 0 Å². The quantitative estimate of drug-likeness (QED) is 0.577. The lowest BCUT2D eigenvalue weighted by Gasteiger charge is -2.41. The van der Waals surface area contributed by atoms with Gasteiger partial charge in [0.05, 0.1) is 12.7 Å².